The molecule has 2 amide bonds. The molecule has 0 saturated carbocycles. The van der Waals surface area contributed by atoms with Crippen LogP contribution in [-0.2, 0) is 16.1 Å². The molecule has 6 heteroatoms. The van der Waals surface area contributed by atoms with Gasteiger partial charge in [-0.05, 0) is 47.6 Å². The topological polar surface area (TPSA) is 40.6 Å². The van der Waals surface area contributed by atoms with E-state index in [-0.39, 0.29) is 24.2 Å². The van der Waals surface area contributed by atoms with Crippen molar-refractivity contribution in [1.29, 1.82) is 0 Å². The van der Waals surface area contributed by atoms with E-state index in [9.17, 15) is 14.0 Å². The normalized spacial score (nSPS) is 22.3. The molecule has 2 heterocycles. The van der Waals surface area contributed by atoms with Crippen molar-refractivity contribution < 1.29 is 14.0 Å². The van der Waals surface area contributed by atoms with Gasteiger partial charge < -0.3 is 4.90 Å². The molecule has 2 aliphatic heterocycles. The number of likely N-dealkylation sites (tertiary alicyclic amines) is 1. The molecule has 0 N–H and O–H groups in total. The fourth-order valence-electron chi connectivity index (χ4n) is 4.52. The van der Waals surface area contributed by atoms with Crippen LogP contribution in [0, 0.1) is 17.7 Å². The quantitative estimate of drug-likeness (QED) is 0.663. The third-order valence-electron chi connectivity index (χ3n) is 5.75. The van der Waals surface area contributed by atoms with Crippen LogP contribution in [-0.4, -0.2) is 34.7 Å². The maximum atomic E-state index is 13.5. The van der Waals surface area contributed by atoms with Crippen molar-refractivity contribution >= 4 is 29.0 Å². The highest BCUT2D eigenvalue weighted by Gasteiger charge is 2.43. The second kappa shape index (κ2) is 8.23. The minimum atomic E-state index is -0.384. The predicted octanol–water partition coefficient (Wildman–Crippen LogP) is 4.74. The molecule has 0 aromatic heterocycles. The lowest BCUT2D eigenvalue weighted by Gasteiger charge is -2.37. The van der Waals surface area contributed by atoms with Crippen molar-refractivity contribution in [3.05, 3.63) is 76.2 Å². The van der Waals surface area contributed by atoms with Crippen molar-refractivity contribution in [3.63, 3.8) is 0 Å². The first-order valence-electron chi connectivity index (χ1n) is 10.2. The van der Waals surface area contributed by atoms with Gasteiger partial charge in [-0.25, -0.2) is 4.39 Å². The Kier molecular flexibility index (Phi) is 5.65. The second-order valence-corrected chi connectivity index (χ2v) is 8.78. The van der Waals surface area contributed by atoms with Gasteiger partial charge in [-0.2, -0.15) is 0 Å². The number of carbonyl (C=O) groups is 2. The van der Waals surface area contributed by atoms with Crippen LogP contribution >= 0.6 is 11.6 Å². The van der Waals surface area contributed by atoms with Gasteiger partial charge in [0, 0.05) is 18.1 Å². The molecule has 2 aromatic carbocycles. The van der Waals surface area contributed by atoms with Crippen molar-refractivity contribution in [2.45, 2.75) is 26.8 Å². The van der Waals surface area contributed by atoms with Gasteiger partial charge in [-0.1, -0.05) is 55.8 Å². The van der Waals surface area contributed by atoms with E-state index in [0.717, 1.165) is 6.42 Å². The van der Waals surface area contributed by atoms with Gasteiger partial charge in [0.2, 0.25) is 0 Å². The van der Waals surface area contributed by atoms with E-state index in [1.165, 1.54) is 17.0 Å². The van der Waals surface area contributed by atoms with Crippen molar-refractivity contribution in [2.75, 3.05) is 13.1 Å². The van der Waals surface area contributed by atoms with E-state index >= 15 is 0 Å². The first-order valence-corrected chi connectivity index (χ1v) is 10.6. The summed E-state index contributed by atoms with van der Waals surface area (Å²) in [5.74, 6) is -0.244. The summed E-state index contributed by atoms with van der Waals surface area (Å²) in [7, 11) is 0. The van der Waals surface area contributed by atoms with Crippen LogP contribution < -0.4 is 0 Å². The van der Waals surface area contributed by atoms with Gasteiger partial charge in [-0.3, -0.25) is 14.5 Å². The van der Waals surface area contributed by atoms with Crippen LogP contribution in [0.4, 0.5) is 4.39 Å². The Hall–Kier alpha value is -2.66. The highest BCUT2D eigenvalue weighted by atomic mass is 35.5. The van der Waals surface area contributed by atoms with E-state index in [1.807, 2.05) is 23.1 Å². The number of nitrogens with zero attached hydrogens (tertiary/aromatic N) is 2. The summed E-state index contributed by atoms with van der Waals surface area (Å²) in [5.41, 5.74) is 2.02. The average Bonchev–Trinajstić information content (AvgIpc) is 2.94. The fourth-order valence-corrected chi connectivity index (χ4v) is 4.71. The third kappa shape index (κ3) is 3.86. The molecule has 0 spiro atoms. The van der Waals surface area contributed by atoms with E-state index < -0.39 is 0 Å². The zero-order valence-corrected chi connectivity index (χ0v) is 17.8. The van der Waals surface area contributed by atoms with Crippen molar-refractivity contribution in [1.82, 2.24) is 9.80 Å². The number of carbonyl (C=O) groups excluding carboxylic acids is 2. The highest BCUT2D eigenvalue weighted by molar-refractivity contribution is 6.35. The molecule has 0 bridgehead atoms. The van der Waals surface area contributed by atoms with Gasteiger partial charge in [0.1, 0.15) is 11.5 Å². The number of hydrogen-bond acceptors (Lipinski definition) is 3. The first kappa shape index (κ1) is 20.6. The fraction of sp³-hybridized carbons (Fsp3) is 0.333. The molecule has 2 aromatic rings. The molecule has 0 radical (unpaired) electrons. The van der Waals surface area contributed by atoms with E-state index in [1.54, 1.807) is 18.2 Å². The van der Waals surface area contributed by atoms with Crippen LogP contribution in [0.3, 0.4) is 0 Å². The van der Waals surface area contributed by atoms with Gasteiger partial charge in [0.15, 0.2) is 0 Å². The number of halogens is 2. The summed E-state index contributed by atoms with van der Waals surface area (Å²) < 4.78 is 13.5. The third-order valence-corrected chi connectivity index (χ3v) is 6.12. The Morgan fingerprint density at radius 2 is 1.60 bits per heavy atom. The maximum Gasteiger partial charge on any atom is 0.278 e. The standard InChI is InChI=1S/C24H24ClFN2O2/c1-15-11-16(2)13-27(12-15)22-21(17-7-9-19(26)10-8-17)23(29)28(24(22)30)14-18-5-3-4-6-20(18)25/h3-10,15-16H,11-14H2,1-2H3. The minimum Gasteiger partial charge on any atom is -0.366 e. The van der Waals surface area contributed by atoms with Gasteiger partial charge in [-0.15, -0.1) is 0 Å². The highest BCUT2D eigenvalue weighted by Crippen LogP contribution is 2.36. The lowest BCUT2D eigenvalue weighted by atomic mass is 9.91. The average molecular weight is 427 g/mol. The molecule has 2 unspecified atom stereocenters. The summed E-state index contributed by atoms with van der Waals surface area (Å²) in [5, 5.41) is 0.509. The summed E-state index contributed by atoms with van der Waals surface area (Å²) >= 11 is 6.28. The number of piperidine rings is 1. The zero-order chi connectivity index (χ0) is 21.4. The van der Waals surface area contributed by atoms with Crippen LogP contribution in [0.2, 0.25) is 5.02 Å². The van der Waals surface area contributed by atoms with Crippen LogP contribution in [0.15, 0.2) is 54.2 Å². The summed E-state index contributed by atoms with van der Waals surface area (Å²) in [6, 6.07) is 12.9. The molecule has 0 aliphatic carbocycles. The molecule has 2 aliphatic rings. The zero-order valence-electron chi connectivity index (χ0n) is 17.1. The Morgan fingerprint density at radius 1 is 0.967 bits per heavy atom. The lowest BCUT2D eigenvalue weighted by Crippen LogP contribution is -2.41. The molecular formula is C24H24ClFN2O2. The molecule has 2 atom stereocenters. The summed E-state index contributed by atoms with van der Waals surface area (Å²) in [4.78, 5) is 30.2. The number of rotatable bonds is 4. The smallest absolute Gasteiger partial charge is 0.278 e. The van der Waals surface area contributed by atoms with E-state index in [0.29, 0.717) is 52.3 Å². The number of imide groups is 1. The lowest BCUT2D eigenvalue weighted by molar-refractivity contribution is -0.138. The largest absolute Gasteiger partial charge is 0.366 e. The summed E-state index contributed by atoms with van der Waals surface area (Å²) in [6.45, 7) is 5.84. The molecule has 156 valence electrons. The molecule has 4 nitrogen and oxygen atoms in total. The Labute approximate surface area is 180 Å². The Balaban J connectivity index is 1.76. The Morgan fingerprint density at radius 3 is 2.23 bits per heavy atom. The second-order valence-electron chi connectivity index (χ2n) is 8.37. The molecule has 1 saturated heterocycles. The van der Waals surface area contributed by atoms with Crippen LogP contribution in [0.1, 0.15) is 31.4 Å². The molecular weight excluding hydrogens is 403 g/mol. The molecule has 30 heavy (non-hydrogen) atoms. The van der Waals surface area contributed by atoms with Crippen LogP contribution in [0.5, 0.6) is 0 Å². The van der Waals surface area contributed by atoms with Crippen LogP contribution in [0.25, 0.3) is 5.57 Å². The number of hydrogen-bond donors (Lipinski definition) is 0. The monoisotopic (exact) mass is 426 g/mol. The van der Waals surface area contributed by atoms with E-state index in [2.05, 4.69) is 13.8 Å². The van der Waals surface area contributed by atoms with Crippen molar-refractivity contribution in [3.8, 4) is 0 Å². The van der Waals surface area contributed by atoms with Crippen molar-refractivity contribution in [2.24, 2.45) is 11.8 Å². The maximum absolute atomic E-state index is 13.5. The van der Waals surface area contributed by atoms with Gasteiger partial charge in [0.25, 0.3) is 11.8 Å². The minimum absolute atomic E-state index is 0.102. The molecule has 1 fully saturated rings. The predicted molar refractivity (Wildman–Crippen MR) is 115 cm³/mol. The van der Waals surface area contributed by atoms with E-state index in [4.69, 9.17) is 11.6 Å². The number of benzene rings is 2. The molecule has 4 rings (SSSR count). The SMILES string of the molecule is CC1CC(C)CN(C2=C(c3ccc(F)cc3)C(=O)N(Cc3ccccc3Cl)C2=O)C1. The number of amides is 2. The summed E-state index contributed by atoms with van der Waals surface area (Å²) in [6.07, 6.45) is 1.08. The van der Waals surface area contributed by atoms with Gasteiger partial charge >= 0.3 is 0 Å². The van der Waals surface area contributed by atoms with Gasteiger partial charge in [0.05, 0.1) is 12.1 Å². The Bertz CT molecular complexity index is 1010. The first-order chi connectivity index (χ1) is 14.3.